The van der Waals surface area contributed by atoms with Crippen molar-refractivity contribution in [2.75, 3.05) is 0 Å². The van der Waals surface area contributed by atoms with E-state index in [2.05, 4.69) is 9.97 Å². The maximum atomic E-state index is 13.4. The standard InChI is InChI=1S/C23H20N2O5/c1-11-18(26)9-13-7-12-8-16-14(17-10-24-5-6-25-17)3-2-4-15(16)20(27)19(12)22(29)23(13,30)21(11)28/h2-6,10,12-13,27-28,30H,7-9H2,1H3/t12?,13-,23+/m0/s1. The largest absolute Gasteiger partial charge is 0.508 e. The molecule has 30 heavy (non-hydrogen) atoms. The first kappa shape index (κ1) is 18.7. The van der Waals surface area contributed by atoms with E-state index in [1.54, 1.807) is 30.7 Å². The van der Waals surface area contributed by atoms with E-state index < -0.39 is 23.1 Å². The van der Waals surface area contributed by atoms with Gasteiger partial charge in [0.25, 0.3) is 0 Å². The van der Waals surface area contributed by atoms with Gasteiger partial charge in [0, 0.05) is 47.0 Å². The fourth-order valence-electron chi connectivity index (χ4n) is 5.12. The normalized spacial score (nSPS) is 28.2. The highest BCUT2D eigenvalue weighted by Gasteiger charge is 2.59. The number of Topliss-reactive ketones (excluding diaryl/α,β-unsaturated/α-hetero) is 2. The van der Waals surface area contributed by atoms with Crippen molar-refractivity contribution < 1.29 is 24.9 Å². The maximum absolute atomic E-state index is 13.4. The Morgan fingerprint density at radius 3 is 2.60 bits per heavy atom. The number of allylic oxidation sites excluding steroid dienone is 1. The summed E-state index contributed by atoms with van der Waals surface area (Å²) >= 11 is 0. The van der Waals surface area contributed by atoms with Gasteiger partial charge < -0.3 is 15.3 Å². The quantitative estimate of drug-likeness (QED) is 0.668. The van der Waals surface area contributed by atoms with Crippen molar-refractivity contribution in [3.63, 3.8) is 0 Å². The van der Waals surface area contributed by atoms with E-state index in [9.17, 15) is 24.9 Å². The summed E-state index contributed by atoms with van der Waals surface area (Å²) in [5, 5.41) is 32.7. The molecule has 2 aromatic rings. The molecule has 3 atom stereocenters. The van der Waals surface area contributed by atoms with Gasteiger partial charge in [-0.2, -0.15) is 0 Å². The molecule has 5 rings (SSSR count). The summed E-state index contributed by atoms with van der Waals surface area (Å²) in [5.41, 5.74) is 0.782. The zero-order valence-electron chi connectivity index (χ0n) is 16.3. The van der Waals surface area contributed by atoms with Crippen molar-refractivity contribution in [2.45, 2.75) is 31.8 Å². The monoisotopic (exact) mass is 404 g/mol. The summed E-state index contributed by atoms with van der Waals surface area (Å²) in [7, 11) is 0. The summed E-state index contributed by atoms with van der Waals surface area (Å²) in [6.07, 6.45) is 5.56. The number of aliphatic hydroxyl groups excluding tert-OH is 2. The highest BCUT2D eigenvalue weighted by molar-refractivity contribution is 6.12. The Bertz CT molecular complexity index is 1170. The van der Waals surface area contributed by atoms with E-state index in [0.29, 0.717) is 24.1 Å². The first-order valence-electron chi connectivity index (χ1n) is 9.86. The van der Waals surface area contributed by atoms with Crippen LogP contribution in [0.25, 0.3) is 17.0 Å². The van der Waals surface area contributed by atoms with Crippen LogP contribution in [-0.4, -0.2) is 42.5 Å². The lowest BCUT2D eigenvalue weighted by molar-refractivity contribution is -0.147. The molecule has 0 radical (unpaired) electrons. The van der Waals surface area contributed by atoms with Gasteiger partial charge in [-0.25, -0.2) is 0 Å². The second kappa shape index (κ2) is 6.34. The second-order valence-corrected chi connectivity index (χ2v) is 8.21. The maximum Gasteiger partial charge on any atom is 0.202 e. The van der Waals surface area contributed by atoms with Crippen LogP contribution in [0.1, 0.15) is 30.9 Å². The molecule has 7 nitrogen and oxygen atoms in total. The molecule has 1 fully saturated rings. The van der Waals surface area contributed by atoms with E-state index in [4.69, 9.17) is 0 Å². The summed E-state index contributed by atoms with van der Waals surface area (Å²) < 4.78 is 0. The number of aliphatic hydroxyl groups is 3. The lowest BCUT2D eigenvalue weighted by atomic mass is 9.59. The average molecular weight is 404 g/mol. The van der Waals surface area contributed by atoms with Crippen LogP contribution in [0.3, 0.4) is 0 Å². The lowest BCUT2D eigenvalue weighted by Gasteiger charge is -2.46. The Morgan fingerprint density at radius 2 is 1.87 bits per heavy atom. The fourth-order valence-corrected chi connectivity index (χ4v) is 5.12. The van der Waals surface area contributed by atoms with Crippen LogP contribution < -0.4 is 0 Å². The van der Waals surface area contributed by atoms with Crippen LogP contribution in [-0.2, 0) is 16.0 Å². The van der Waals surface area contributed by atoms with Gasteiger partial charge in [0.15, 0.2) is 11.4 Å². The molecule has 0 amide bonds. The number of hydrogen-bond donors (Lipinski definition) is 3. The molecule has 0 bridgehead atoms. The minimum Gasteiger partial charge on any atom is -0.508 e. The third kappa shape index (κ3) is 2.35. The van der Waals surface area contributed by atoms with Gasteiger partial charge in [-0.1, -0.05) is 18.2 Å². The van der Waals surface area contributed by atoms with Crippen LogP contribution >= 0.6 is 0 Å². The van der Waals surface area contributed by atoms with E-state index in [1.807, 2.05) is 6.07 Å². The molecule has 152 valence electrons. The Hall–Kier alpha value is -3.32. The molecule has 1 saturated carbocycles. The van der Waals surface area contributed by atoms with Gasteiger partial charge in [-0.15, -0.1) is 0 Å². The smallest absolute Gasteiger partial charge is 0.202 e. The molecule has 0 aliphatic heterocycles. The minimum absolute atomic E-state index is 0.00166. The van der Waals surface area contributed by atoms with Crippen LogP contribution in [0.15, 0.2) is 53.7 Å². The number of nitrogens with zero attached hydrogens (tertiary/aromatic N) is 2. The van der Waals surface area contributed by atoms with Crippen molar-refractivity contribution in [2.24, 2.45) is 11.8 Å². The number of ketones is 2. The molecule has 0 saturated heterocycles. The number of carbonyl (C=O) groups excluding carboxylic acids is 2. The van der Waals surface area contributed by atoms with Crippen LogP contribution in [0.2, 0.25) is 0 Å². The van der Waals surface area contributed by atoms with Crippen molar-refractivity contribution in [3.05, 3.63) is 64.8 Å². The molecule has 1 unspecified atom stereocenters. The van der Waals surface area contributed by atoms with Crippen molar-refractivity contribution >= 4 is 17.3 Å². The topological polar surface area (TPSA) is 121 Å². The summed E-state index contributed by atoms with van der Waals surface area (Å²) in [5.74, 6) is -2.87. The molecular weight excluding hydrogens is 384 g/mol. The minimum atomic E-state index is -2.17. The van der Waals surface area contributed by atoms with Crippen molar-refractivity contribution in [3.8, 4) is 11.3 Å². The van der Waals surface area contributed by atoms with E-state index in [0.717, 1.165) is 11.1 Å². The molecule has 0 spiro atoms. The Morgan fingerprint density at radius 1 is 1.10 bits per heavy atom. The van der Waals surface area contributed by atoms with Gasteiger partial charge in [-0.05, 0) is 31.2 Å². The number of fused-ring (bicyclic) bond motifs is 3. The van der Waals surface area contributed by atoms with Gasteiger partial charge in [0.05, 0.1) is 11.9 Å². The van der Waals surface area contributed by atoms with Gasteiger partial charge in [0.1, 0.15) is 11.5 Å². The molecule has 1 heterocycles. The van der Waals surface area contributed by atoms with E-state index >= 15 is 0 Å². The molecule has 3 aliphatic carbocycles. The van der Waals surface area contributed by atoms with Gasteiger partial charge in [-0.3, -0.25) is 19.6 Å². The van der Waals surface area contributed by atoms with Crippen LogP contribution in [0.5, 0.6) is 0 Å². The van der Waals surface area contributed by atoms with Crippen molar-refractivity contribution in [1.82, 2.24) is 9.97 Å². The Labute approximate surface area is 172 Å². The third-order valence-corrected chi connectivity index (χ3v) is 6.70. The summed E-state index contributed by atoms with van der Waals surface area (Å²) in [4.78, 5) is 34.1. The average Bonchev–Trinajstić information content (AvgIpc) is 2.75. The van der Waals surface area contributed by atoms with Crippen LogP contribution in [0, 0.1) is 11.8 Å². The fraction of sp³-hybridized carbons (Fsp3) is 0.304. The SMILES string of the molecule is CC1=C(O)[C@@]2(O)C(=O)C3=C(O)c4cccc(-c5cnccn5)c4CC3C[C@H]2CC1=O. The zero-order chi connectivity index (χ0) is 21.2. The first-order chi connectivity index (χ1) is 14.3. The first-order valence-corrected chi connectivity index (χ1v) is 9.86. The van der Waals surface area contributed by atoms with Crippen LogP contribution in [0.4, 0.5) is 0 Å². The second-order valence-electron chi connectivity index (χ2n) is 8.21. The molecule has 1 aromatic heterocycles. The van der Waals surface area contributed by atoms with Crippen molar-refractivity contribution in [1.29, 1.82) is 0 Å². The lowest BCUT2D eigenvalue weighted by Crippen LogP contribution is -2.57. The summed E-state index contributed by atoms with van der Waals surface area (Å²) in [6.45, 7) is 1.41. The molecule has 3 N–H and O–H groups in total. The molecule has 3 aliphatic rings. The number of benzene rings is 1. The predicted octanol–water partition coefficient (Wildman–Crippen LogP) is 2.71. The van der Waals surface area contributed by atoms with E-state index in [-0.39, 0.29) is 35.0 Å². The predicted molar refractivity (Wildman–Crippen MR) is 107 cm³/mol. The zero-order valence-corrected chi connectivity index (χ0v) is 16.3. The third-order valence-electron chi connectivity index (χ3n) is 6.70. The highest BCUT2D eigenvalue weighted by atomic mass is 16.3. The Balaban J connectivity index is 1.69. The van der Waals surface area contributed by atoms with E-state index in [1.165, 1.54) is 6.92 Å². The van der Waals surface area contributed by atoms with Gasteiger partial charge in [0.2, 0.25) is 5.78 Å². The summed E-state index contributed by atoms with van der Waals surface area (Å²) in [6, 6.07) is 5.39. The number of rotatable bonds is 1. The number of carbonyl (C=O) groups is 2. The molecule has 7 heteroatoms. The number of hydrogen-bond acceptors (Lipinski definition) is 7. The number of aromatic nitrogens is 2. The highest BCUT2D eigenvalue weighted by Crippen LogP contribution is 2.51. The Kier molecular flexibility index (Phi) is 3.95. The molecule has 1 aromatic carbocycles. The van der Waals surface area contributed by atoms with Gasteiger partial charge >= 0.3 is 0 Å². The molecular formula is C23H20N2O5.